The first kappa shape index (κ1) is 14.1. The molecule has 1 aliphatic rings. The van der Waals surface area contributed by atoms with Crippen molar-refractivity contribution in [1.82, 2.24) is 14.9 Å². The molecule has 6 nitrogen and oxygen atoms in total. The lowest BCUT2D eigenvalue weighted by atomic mass is 10.1. The van der Waals surface area contributed by atoms with E-state index in [-0.39, 0.29) is 5.76 Å². The third-order valence-corrected chi connectivity index (χ3v) is 3.99. The molecule has 1 N–H and O–H groups in total. The van der Waals surface area contributed by atoms with E-state index < -0.39 is 5.97 Å². The number of carboxylic acid groups (broad SMARTS) is 1. The molecule has 3 rings (SSSR count). The Morgan fingerprint density at radius 2 is 2.38 bits per heavy atom. The fraction of sp³-hybridized carbons (Fsp3) is 0.357. The number of carbonyl (C=O) groups is 1. The van der Waals surface area contributed by atoms with Crippen molar-refractivity contribution < 1.29 is 14.3 Å². The fourth-order valence-corrected chi connectivity index (χ4v) is 2.75. The Hall–Kier alpha value is -1.86. The molecule has 0 saturated heterocycles. The molecule has 0 saturated carbocycles. The number of hydrogen-bond donors (Lipinski definition) is 1. The first-order chi connectivity index (χ1) is 10.2. The Balaban J connectivity index is 1.69. The summed E-state index contributed by atoms with van der Waals surface area (Å²) in [7, 11) is 0. The zero-order valence-corrected chi connectivity index (χ0v) is 12.4. The molecule has 0 aromatic carbocycles. The number of hydrogen-bond acceptors (Lipinski definition) is 6. The van der Waals surface area contributed by atoms with E-state index in [1.54, 1.807) is 17.8 Å². The van der Waals surface area contributed by atoms with E-state index in [1.165, 1.54) is 6.07 Å². The molecule has 7 heteroatoms. The van der Waals surface area contributed by atoms with Crippen LogP contribution < -0.4 is 0 Å². The molecule has 2 aromatic heterocycles. The first-order valence-electron chi connectivity index (χ1n) is 6.59. The lowest BCUT2D eigenvalue weighted by molar-refractivity contribution is 0.0658. The van der Waals surface area contributed by atoms with Gasteiger partial charge in [0.25, 0.3) is 0 Å². The SMILES string of the molecule is CSc1ncc2c(n1)CCN(Cc1ccc(C(=O)O)o1)C2. The maximum absolute atomic E-state index is 10.8. The Bertz CT molecular complexity index is 671. The van der Waals surface area contributed by atoms with E-state index >= 15 is 0 Å². The molecule has 21 heavy (non-hydrogen) atoms. The molecule has 110 valence electrons. The summed E-state index contributed by atoms with van der Waals surface area (Å²) >= 11 is 1.54. The van der Waals surface area contributed by atoms with Gasteiger partial charge in [0.15, 0.2) is 5.16 Å². The van der Waals surface area contributed by atoms with Crippen LogP contribution >= 0.6 is 11.8 Å². The largest absolute Gasteiger partial charge is 0.475 e. The van der Waals surface area contributed by atoms with Gasteiger partial charge in [0.1, 0.15) is 5.76 Å². The first-order valence-corrected chi connectivity index (χ1v) is 7.81. The third kappa shape index (κ3) is 3.08. The molecule has 0 spiro atoms. The Labute approximate surface area is 126 Å². The Morgan fingerprint density at radius 3 is 3.10 bits per heavy atom. The van der Waals surface area contributed by atoms with Crippen LogP contribution in [0.2, 0.25) is 0 Å². The molecule has 0 radical (unpaired) electrons. The highest BCUT2D eigenvalue weighted by Gasteiger charge is 2.20. The number of furan rings is 1. The van der Waals surface area contributed by atoms with E-state index in [9.17, 15) is 4.79 Å². The minimum Gasteiger partial charge on any atom is -0.475 e. The van der Waals surface area contributed by atoms with E-state index in [4.69, 9.17) is 9.52 Å². The molecule has 2 aromatic rings. The van der Waals surface area contributed by atoms with Crippen LogP contribution in [0.15, 0.2) is 27.9 Å². The zero-order chi connectivity index (χ0) is 14.8. The maximum Gasteiger partial charge on any atom is 0.371 e. The van der Waals surface area contributed by atoms with Crippen molar-refractivity contribution in [3.8, 4) is 0 Å². The van der Waals surface area contributed by atoms with Crippen LogP contribution in [0.4, 0.5) is 0 Å². The zero-order valence-electron chi connectivity index (χ0n) is 11.6. The van der Waals surface area contributed by atoms with Crippen molar-refractivity contribution in [1.29, 1.82) is 0 Å². The minimum atomic E-state index is -1.04. The monoisotopic (exact) mass is 305 g/mol. The molecule has 0 bridgehead atoms. The number of thioether (sulfide) groups is 1. The van der Waals surface area contributed by atoms with Gasteiger partial charge >= 0.3 is 5.97 Å². The van der Waals surface area contributed by atoms with Crippen LogP contribution in [0.3, 0.4) is 0 Å². The van der Waals surface area contributed by atoms with E-state index in [1.807, 2.05) is 12.5 Å². The predicted molar refractivity (Wildman–Crippen MR) is 77.3 cm³/mol. The number of rotatable bonds is 4. The molecular weight excluding hydrogens is 290 g/mol. The van der Waals surface area contributed by atoms with Gasteiger partial charge < -0.3 is 9.52 Å². The van der Waals surface area contributed by atoms with Gasteiger partial charge in [0, 0.05) is 31.3 Å². The quantitative estimate of drug-likeness (QED) is 0.684. The van der Waals surface area contributed by atoms with Crippen LogP contribution in [0.1, 0.15) is 27.6 Å². The molecule has 0 fully saturated rings. The average molecular weight is 305 g/mol. The summed E-state index contributed by atoms with van der Waals surface area (Å²) in [6, 6.07) is 3.20. The summed E-state index contributed by atoms with van der Waals surface area (Å²) in [5.74, 6) is -0.393. The van der Waals surface area contributed by atoms with Gasteiger partial charge in [0.2, 0.25) is 5.76 Å². The van der Waals surface area contributed by atoms with Gasteiger partial charge in [0.05, 0.1) is 12.2 Å². The standard InChI is InChI=1S/C14H15N3O3S/c1-21-14-15-6-9-7-17(5-4-11(9)16-14)8-10-2-3-12(20-10)13(18)19/h2-3,6H,4-5,7-8H2,1H3,(H,18,19). The molecule has 3 heterocycles. The van der Waals surface area contributed by atoms with Crippen molar-refractivity contribution in [2.75, 3.05) is 12.8 Å². The van der Waals surface area contributed by atoms with Crippen molar-refractivity contribution in [3.05, 3.63) is 41.1 Å². The third-order valence-electron chi connectivity index (χ3n) is 3.43. The number of aromatic nitrogens is 2. The second-order valence-corrected chi connectivity index (χ2v) is 5.63. The topological polar surface area (TPSA) is 79.5 Å². The van der Waals surface area contributed by atoms with Gasteiger partial charge in [-0.1, -0.05) is 11.8 Å². The lowest BCUT2D eigenvalue weighted by Gasteiger charge is -2.27. The number of aromatic carboxylic acids is 1. The predicted octanol–water partition coefficient (Wildman–Crippen LogP) is 2.05. The normalized spacial score (nSPS) is 14.9. The van der Waals surface area contributed by atoms with Gasteiger partial charge in [-0.15, -0.1) is 0 Å². The van der Waals surface area contributed by atoms with Crippen LogP contribution in [-0.2, 0) is 19.5 Å². The number of fused-ring (bicyclic) bond motifs is 1. The van der Waals surface area contributed by atoms with E-state index in [2.05, 4.69) is 14.9 Å². The smallest absolute Gasteiger partial charge is 0.371 e. The molecule has 0 atom stereocenters. The van der Waals surface area contributed by atoms with E-state index in [0.717, 1.165) is 35.9 Å². The van der Waals surface area contributed by atoms with Crippen LogP contribution in [0, 0.1) is 0 Å². The van der Waals surface area contributed by atoms with Crippen molar-refractivity contribution >= 4 is 17.7 Å². The van der Waals surface area contributed by atoms with Crippen LogP contribution in [-0.4, -0.2) is 38.7 Å². The molecule has 1 aliphatic heterocycles. The Morgan fingerprint density at radius 1 is 1.52 bits per heavy atom. The summed E-state index contributed by atoms with van der Waals surface area (Å²) in [6.07, 6.45) is 4.72. The lowest BCUT2D eigenvalue weighted by Crippen LogP contribution is -2.30. The summed E-state index contributed by atoms with van der Waals surface area (Å²) < 4.78 is 5.30. The van der Waals surface area contributed by atoms with Crippen molar-refractivity contribution in [2.24, 2.45) is 0 Å². The van der Waals surface area contributed by atoms with Gasteiger partial charge in [-0.3, -0.25) is 4.90 Å². The fourth-order valence-electron chi connectivity index (χ4n) is 2.39. The van der Waals surface area contributed by atoms with Gasteiger partial charge in [-0.2, -0.15) is 0 Å². The number of nitrogens with zero attached hydrogens (tertiary/aromatic N) is 3. The second kappa shape index (κ2) is 5.87. The highest BCUT2D eigenvalue weighted by atomic mass is 32.2. The summed E-state index contributed by atoms with van der Waals surface area (Å²) in [5.41, 5.74) is 2.24. The summed E-state index contributed by atoms with van der Waals surface area (Å²) in [6.45, 7) is 2.23. The minimum absolute atomic E-state index is 0.0182. The Kier molecular flexibility index (Phi) is 3.94. The maximum atomic E-state index is 10.8. The van der Waals surface area contributed by atoms with E-state index in [0.29, 0.717) is 12.3 Å². The molecule has 0 amide bonds. The number of carboxylic acids is 1. The van der Waals surface area contributed by atoms with Crippen molar-refractivity contribution in [2.45, 2.75) is 24.7 Å². The van der Waals surface area contributed by atoms with Gasteiger partial charge in [-0.05, 0) is 18.4 Å². The van der Waals surface area contributed by atoms with Crippen LogP contribution in [0.5, 0.6) is 0 Å². The highest BCUT2D eigenvalue weighted by Crippen LogP contribution is 2.21. The van der Waals surface area contributed by atoms with Crippen LogP contribution in [0.25, 0.3) is 0 Å². The summed E-state index contributed by atoms with van der Waals surface area (Å²) in [4.78, 5) is 21.8. The van der Waals surface area contributed by atoms with Gasteiger partial charge in [-0.25, -0.2) is 14.8 Å². The average Bonchev–Trinajstić information content (AvgIpc) is 2.95. The molecular formula is C14H15N3O3S. The van der Waals surface area contributed by atoms with Crippen molar-refractivity contribution in [3.63, 3.8) is 0 Å². The molecule has 0 aliphatic carbocycles. The second-order valence-electron chi connectivity index (χ2n) is 4.86. The highest BCUT2D eigenvalue weighted by molar-refractivity contribution is 7.98. The molecule has 0 unspecified atom stereocenters. The summed E-state index contributed by atoms with van der Waals surface area (Å²) in [5, 5.41) is 9.66.